The zero-order valence-electron chi connectivity index (χ0n) is 7.83. The molecule has 1 aromatic rings. The largest absolute Gasteiger partial charge is 0.388 e. The second-order valence-corrected chi connectivity index (χ2v) is 3.04. The summed E-state index contributed by atoms with van der Waals surface area (Å²) in [4.78, 5) is 0. The maximum absolute atomic E-state index is 9.33. The summed E-state index contributed by atoms with van der Waals surface area (Å²) in [5, 5.41) is 9.33. The molecule has 0 aliphatic carbocycles. The van der Waals surface area contributed by atoms with Crippen molar-refractivity contribution in [1.82, 2.24) is 0 Å². The second kappa shape index (κ2) is 4.66. The van der Waals surface area contributed by atoms with Gasteiger partial charge in [-0.05, 0) is 12.5 Å². The first kappa shape index (κ1) is 9.79. The van der Waals surface area contributed by atoms with Crippen molar-refractivity contribution in [3.8, 4) is 0 Å². The summed E-state index contributed by atoms with van der Waals surface area (Å²) >= 11 is 0. The summed E-state index contributed by atoms with van der Waals surface area (Å²) in [6, 6.07) is 10.00. The molecule has 0 amide bonds. The van der Waals surface area contributed by atoms with E-state index in [0.29, 0.717) is 0 Å². The van der Waals surface area contributed by atoms with Gasteiger partial charge in [0, 0.05) is 12.0 Å². The summed E-state index contributed by atoms with van der Waals surface area (Å²) in [7, 11) is 0. The van der Waals surface area contributed by atoms with Crippen LogP contribution in [0.15, 0.2) is 48.2 Å². The highest BCUT2D eigenvalue weighted by Gasteiger charge is 2.04. The molecule has 0 saturated carbocycles. The van der Waals surface area contributed by atoms with Gasteiger partial charge < -0.3 is 5.11 Å². The Bertz CT molecular complexity index is 305. The van der Waals surface area contributed by atoms with Crippen LogP contribution in [-0.4, -0.2) is 11.2 Å². The number of rotatable bonds is 3. The topological polar surface area (TPSA) is 20.2 Å². The average Bonchev–Trinajstić information content (AvgIpc) is 2.15. The Labute approximate surface area is 79.0 Å². The van der Waals surface area contributed by atoms with Crippen LogP contribution >= 0.6 is 0 Å². The van der Waals surface area contributed by atoms with Gasteiger partial charge in [-0.1, -0.05) is 36.9 Å². The van der Waals surface area contributed by atoms with Crippen LogP contribution < -0.4 is 0 Å². The summed E-state index contributed by atoms with van der Waals surface area (Å²) in [6.07, 6.45) is 0.264. The molecule has 13 heavy (non-hydrogen) atoms. The van der Waals surface area contributed by atoms with Crippen LogP contribution in [0.1, 0.15) is 12.5 Å². The molecule has 0 unspecified atom stereocenters. The molecule has 0 radical (unpaired) electrons. The summed E-state index contributed by atoms with van der Waals surface area (Å²) < 4.78 is 0. The zero-order chi connectivity index (χ0) is 9.68. The first-order valence-corrected chi connectivity index (χ1v) is 4.35. The van der Waals surface area contributed by atoms with E-state index in [1.165, 1.54) is 5.56 Å². The van der Waals surface area contributed by atoms with Gasteiger partial charge >= 0.3 is 0 Å². The lowest BCUT2D eigenvalue weighted by molar-refractivity contribution is 0.229. The van der Waals surface area contributed by atoms with E-state index < -0.39 is 6.10 Å². The third-order valence-electron chi connectivity index (χ3n) is 1.97. The summed E-state index contributed by atoms with van der Waals surface area (Å²) in [5.74, 6) is 0. The van der Waals surface area contributed by atoms with Gasteiger partial charge in [0.2, 0.25) is 0 Å². The summed E-state index contributed by atoms with van der Waals surface area (Å²) in [6.45, 7) is 5.29. The standard InChI is InChI=1S/C12H14O/c1-3-12(10(2)13)9-11-7-5-4-6-8-11/h4-8,10,13H,1,9H2,2H3/t10-/m0/s1. The van der Waals surface area contributed by atoms with E-state index in [0.717, 1.165) is 12.0 Å². The Balaban J connectivity index is 2.75. The van der Waals surface area contributed by atoms with E-state index in [4.69, 9.17) is 0 Å². The SMILES string of the molecule is C=C=C(Cc1ccccc1)[C@H](C)O. The van der Waals surface area contributed by atoms with Gasteiger partial charge in [-0.3, -0.25) is 0 Å². The number of hydrogen-bond donors (Lipinski definition) is 1. The molecule has 1 atom stereocenters. The first-order valence-electron chi connectivity index (χ1n) is 4.35. The Hall–Kier alpha value is -1.30. The molecular weight excluding hydrogens is 160 g/mol. The van der Waals surface area contributed by atoms with Gasteiger partial charge in [-0.15, -0.1) is 5.73 Å². The van der Waals surface area contributed by atoms with Gasteiger partial charge in [-0.25, -0.2) is 0 Å². The van der Waals surface area contributed by atoms with Gasteiger partial charge in [0.05, 0.1) is 6.10 Å². The molecular formula is C12H14O. The van der Waals surface area contributed by atoms with Crippen LogP contribution in [0.3, 0.4) is 0 Å². The molecule has 0 aliphatic heterocycles. The fourth-order valence-corrected chi connectivity index (χ4v) is 1.17. The lowest BCUT2D eigenvalue weighted by atomic mass is 10.0. The van der Waals surface area contributed by atoms with Crippen LogP contribution in [0.5, 0.6) is 0 Å². The Kier molecular flexibility index (Phi) is 3.51. The first-order chi connectivity index (χ1) is 6.24. The van der Waals surface area contributed by atoms with Gasteiger partial charge in [0.15, 0.2) is 0 Å². The molecule has 1 heteroatoms. The molecule has 0 aromatic heterocycles. The van der Waals surface area contributed by atoms with Gasteiger partial charge in [0.1, 0.15) is 0 Å². The van der Waals surface area contributed by atoms with Crippen molar-refractivity contribution in [3.63, 3.8) is 0 Å². The maximum Gasteiger partial charge on any atom is 0.0798 e. The van der Waals surface area contributed by atoms with Crippen molar-refractivity contribution < 1.29 is 5.11 Å². The minimum absolute atomic E-state index is 0.460. The molecule has 0 fully saturated rings. The molecule has 0 saturated heterocycles. The quantitative estimate of drug-likeness (QED) is 0.697. The third kappa shape index (κ3) is 2.90. The number of benzene rings is 1. The highest BCUT2D eigenvalue weighted by Crippen LogP contribution is 2.09. The minimum atomic E-state index is -0.460. The maximum atomic E-state index is 9.33. The fourth-order valence-electron chi connectivity index (χ4n) is 1.17. The normalized spacial score (nSPS) is 11.8. The number of aliphatic hydroxyl groups is 1. The van der Waals surface area contributed by atoms with Crippen molar-refractivity contribution in [2.45, 2.75) is 19.4 Å². The Morgan fingerprint density at radius 3 is 2.54 bits per heavy atom. The second-order valence-electron chi connectivity index (χ2n) is 3.04. The molecule has 68 valence electrons. The van der Waals surface area contributed by atoms with E-state index in [1.807, 2.05) is 30.3 Å². The lowest BCUT2D eigenvalue weighted by Crippen LogP contribution is -2.06. The van der Waals surface area contributed by atoms with Crippen molar-refractivity contribution in [3.05, 3.63) is 53.8 Å². The Morgan fingerprint density at radius 1 is 1.46 bits per heavy atom. The molecule has 1 nitrogen and oxygen atoms in total. The van der Waals surface area contributed by atoms with Crippen molar-refractivity contribution >= 4 is 0 Å². The predicted octanol–water partition coefficient (Wildman–Crippen LogP) is 2.32. The average molecular weight is 174 g/mol. The third-order valence-corrected chi connectivity index (χ3v) is 1.97. The molecule has 0 spiro atoms. The summed E-state index contributed by atoms with van der Waals surface area (Å²) in [5.41, 5.74) is 4.78. The van der Waals surface area contributed by atoms with Crippen LogP contribution in [0.4, 0.5) is 0 Å². The molecule has 0 aliphatic rings. The van der Waals surface area contributed by atoms with Crippen molar-refractivity contribution in [2.24, 2.45) is 0 Å². The minimum Gasteiger partial charge on any atom is -0.388 e. The molecule has 1 N–H and O–H groups in total. The van der Waals surface area contributed by atoms with Crippen LogP contribution in [-0.2, 0) is 6.42 Å². The van der Waals surface area contributed by atoms with E-state index in [2.05, 4.69) is 12.3 Å². The highest BCUT2D eigenvalue weighted by molar-refractivity contribution is 5.22. The van der Waals surface area contributed by atoms with Crippen LogP contribution in [0.25, 0.3) is 0 Å². The zero-order valence-corrected chi connectivity index (χ0v) is 7.83. The number of hydrogen-bond acceptors (Lipinski definition) is 1. The van der Waals surface area contributed by atoms with E-state index in [9.17, 15) is 5.11 Å². The molecule has 0 heterocycles. The monoisotopic (exact) mass is 174 g/mol. The van der Waals surface area contributed by atoms with E-state index in [1.54, 1.807) is 6.92 Å². The van der Waals surface area contributed by atoms with Crippen molar-refractivity contribution in [1.29, 1.82) is 0 Å². The predicted molar refractivity (Wildman–Crippen MR) is 54.5 cm³/mol. The fraction of sp³-hybridized carbons (Fsp3) is 0.250. The van der Waals surface area contributed by atoms with Crippen molar-refractivity contribution in [2.75, 3.05) is 0 Å². The van der Waals surface area contributed by atoms with E-state index >= 15 is 0 Å². The molecule has 1 rings (SSSR count). The smallest absolute Gasteiger partial charge is 0.0798 e. The molecule has 0 bridgehead atoms. The molecule has 1 aromatic carbocycles. The van der Waals surface area contributed by atoms with Crippen LogP contribution in [0.2, 0.25) is 0 Å². The Morgan fingerprint density at radius 2 is 2.08 bits per heavy atom. The lowest BCUT2D eigenvalue weighted by Gasteiger charge is -2.07. The van der Waals surface area contributed by atoms with Gasteiger partial charge in [-0.2, -0.15) is 0 Å². The van der Waals surface area contributed by atoms with Gasteiger partial charge in [0.25, 0.3) is 0 Å². The van der Waals surface area contributed by atoms with E-state index in [-0.39, 0.29) is 0 Å². The number of aliphatic hydroxyl groups excluding tert-OH is 1. The van der Waals surface area contributed by atoms with Crippen LogP contribution in [0, 0.1) is 0 Å². The highest BCUT2D eigenvalue weighted by atomic mass is 16.3.